The Morgan fingerprint density at radius 3 is 2.73 bits per heavy atom. The highest BCUT2D eigenvalue weighted by Crippen LogP contribution is 2.38. The first kappa shape index (κ1) is 25.6. The first-order valence-corrected chi connectivity index (χ1v) is 13.7. The highest BCUT2D eigenvalue weighted by atomic mass is 32.1. The number of carbonyl (C=O) groups excluding carboxylic acids is 1. The van der Waals surface area contributed by atoms with Gasteiger partial charge in [-0.25, -0.2) is 9.79 Å². The summed E-state index contributed by atoms with van der Waals surface area (Å²) in [5.74, 6) is 1.36. The lowest BCUT2D eigenvalue weighted by atomic mass is 9.95. The van der Waals surface area contributed by atoms with E-state index in [1.807, 2.05) is 66.7 Å². The van der Waals surface area contributed by atoms with Crippen LogP contribution in [0, 0.1) is 0 Å². The third kappa shape index (κ3) is 4.91. The molecule has 0 saturated heterocycles. The van der Waals surface area contributed by atoms with Crippen molar-refractivity contribution in [1.29, 1.82) is 0 Å². The maximum atomic E-state index is 13.9. The van der Waals surface area contributed by atoms with Gasteiger partial charge in [0.2, 0.25) is 6.79 Å². The maximum Gasteiger partial charge on any atom is 0.338 e. The van der Waals surface area contributed by atoms with Gasteiger partial charge < -0.3 is 18.9 Å². The molecule has 0 fully saturated rings. The van der Waals surface area contributed by atoms with Crippen LogP contribution in [0.1, 0.15) is 36.6 Å². The molecule has 202 valence electrons. The van der Waals surface area contributed by atoms with Gasteiger partial charge in [-0.05, 0) is 60.9 Å². The van der Waals surface area contributed by atoms with Crippen molar-refractivity contribution in [3.05, 3.63) is 120 Å². The van der Waals surface area contributed by atoms with E-state index < -0.39 is 12.0 Å². The first-order valence-electron chi connectivity index (χ1n) is 12.9. The van der Waals surface area contributed by atoms with E-state index in [1.165, 1.54) is 11.3 Å². The number of benzene rings is 3. The SMILES string of the molecule is CCOC(=O)C1=C(C)N=c2sc(=Cc3cccc(OCc4ccccc4)c3)c(=O)n2[C@@H]1c1ccc2c(c1)OCO2. The lowest BCUT2D eigenvalue weighted by Gasteiger charge is -2.24. The van der Waals surface area contributed by atoms with Crippen molar-refractivity contribution >= 4 is 23.4 Å². The molecule has 3 heterocycles. The number of hydrogen-bond donors (Lipinski definition) is 0. The van der Waals surface area contributed by atoms with Gasteiger partial charge in [-0.1, -0.05) is 59.9 Å². The van der Waals surface area contributed by atoms with Crippen molar-refractivity contribution < 1.29 is 23.7 Å². The molecule has 4 aromatic rings. The Bertz CT molecular complexity index is 1810. The molecule has 0 N–H and O–H groups in total. The monoisotopic (exact) mass is 554 g/mol. The maximum absolute atomic E-state index is 13.9. The summed E-state index contributed by atoms with van der Waals surface area (Å²) in [6.45, 7) is 4.27. The number of hydrogen-bond acceptors (Lipinski definition) is 8. The topological polar surface area (TPSA) is 88.4 Å². The van der Waals surface area contributed by atoms with Gasteiger partial charge in [0.25, 0.3) is 5.56 Å². The summed E-state index contributed by atoms with van der Waals surface area (Å²) in [6, 6.07) is 22.2. The molecule has 1 aromatic heterocycles. The average Bonchev–Trinajstić information content (AvgIpc) is 3.55. The number of thiazole rings is 1. The van der Waals surface area contributed by atoms with E-state index in [0.29, 0.717) is 50.0 Å². The largest absolute Gasteiger partial charge is 0.489 e. The fraction of sp³-hybridized carbons (Fsp3) is 0.194. The Kier molecular flexibility index (Phi) is 6.96. The van der Waals surface area contributed by atoms with Gasteiger partial charge in [0.15, 0.2) is 16.3 Å². The third-order valence-corrected chi connectivity index (χ3v) is 7.62. The highest BCUT2D eigenvalue weighted by Gasteiger charge is 2.34. The Morgan fingerprint density at radius 1 is 1.07 bits per heavy atom. The predicted octanol–water partition coefficient (Wildman–Crippen LogP) is 4.11. The number of allylic oxidation sites excluding steroid dienone is 1. The molecule has 2 aliphatic heterocycles. The standard InChI is InChI=1S/C31H26N2O6S/c1-3-36-30(35)27-19(2)32-31-33(28(27)22-12-13-24-25(16-22)39-18-38-24)29(34)26(40-31)15-21-10-7-11-23(14-21)37-17-20-8-5-4-6-9-20/h4-16,28H,3,17-18H2,1-2H3/t28-/m1/s1. The molecule has 0 spiro atoms. The second-order valence-electron chi connectivity index (χ2n) is 9.26. The first-order chi connectivity index (χ1) is 19.5. The fourth-order valence-electron chi connectivity index (χ4n) is 4.78. The third-order valence-electron chi connectivity index (χ3n) is 6.63. The van der Waals surface area contributed by atoms with Gasteiger partial charge in [0.1, 0.15) is 12.4 Å². The second kappa shape index (κ2) is 10.9. The Balaban J connectivity index is 1.41. The van der Waals surface area contributed by atoms with Gasteiger partial charge >= 0.3 is 5.97 Å². The van der Waals surface area contributed by atoms with E-state index in [-0.39, 0.29) is 19.0 Å². The minimum Gasteiger partial charge on any atom is -0.489 e. The zero-order valence-corrected chi connectivity index (χ0v) is 22.8. The summed E-state index contributed by atoms with van der Waals surface area (Å²) in [7, 11) is 0. The summed E-state index contributed by atoms with van der Waals surface area (Å²) >= 11 is 1.27. The molecule has 2 aliphatic rings. The molecule has 40 heavy (non-hydrogen) atoms. The van der Waals surface area contributed by atoms with Crippen LogP contribution < -0.4 is 29.1 Å². The van der Waals surface area contributed by atoms with E-state index >= 15 is 0 Å². The van der Waals surface area contributed by atoms with E-state index in [2.05, 4.69) is 4.99 Å². The summed E-state index contributed by atoms with van der Waals surface area (Å²) < 4.78 is 24.4. The zero-order chi connectivity index (χ0) is 27.6. The summed E-state index contributed by atoms with van der Waals surface area (Å²) in [4.78, 5) is 32.1. The highest BCUT2D eigenvalue weighted by molar-refractivity contribution is 7.07. The smallest absolute Gasteiger partial charge is 0.338 e. The second-order valence-corrected chi connectivity index (χ2v) is 10.3. The van der Waals surface area contributed by atoms with Crippen LogP contribution in [0.4, 0.5) is 0 Å². The van der Waals surface area contributed by atoms with Crippen LogP contribution in [0.2, 0.25) is 0 Å². The molecule has 0 amide bonds. The molecule has 3 aromatic carbocycles. The van der Waals surface area contributed by atoms with Crippen molar-refractivity contribution in [3.8, 4) is 17.2 Å². The Hall–Kier alpha value is -4.63. The molecular weight excluding hydrogens is 528 g/mol. The molecule has 9 heteroatoms. The van der Waals surface area contributed by atoms with Crippen LogP contribution in [0.15, 0.2) is 93.9 Å². The van der Waals surface area contributed by atoms with Gasteiger partial charge in [-0.2, -0.15) is 0 Å². The molecule has 0 aliphatic carbocycles. The number of fused-ring (bicyclic) bond motifs is 2. The van der Waals surface area contributed by atoms with Crippen molar-refractivity contribution in [2.24, 2.45) is 4.99 Å². The van der Waals surface area contributed by atoms with Crippen LogP contribution in [0.5, 0.6) is 17.2 Å². The van der Waals surface area contributed by atoms with Crippen LogP contribution in [0.3, 0.4) is 0 Å². The summed E-state index contributed by atoms with van der Waals surface area (Å²) in [6.07, 6.45) is 1.82. The number of rotatable bonds is 7. The minimum atomic E-state index is -0.729. The Labute approximate surface area is 234 Å². The van der Waals surface area contributed by atoms with Crippen LogP contribution in [0.25, 0.3) is 6.08 Å². The van der Waals surface area contributed by atoms with Crippen LogP contribution >= 0.6 is 11.3 Å². The quantitative estimate of drug-likeness (QED) is 0.320. The molecule has 0 saturated carbocycles. The average molecular weight is 555 g/mol. The molecule has 8 nitrogen and oxygen atoms in total. The normalized spacial score (nSPS) is 15.9. The Morgan fingerprint density at radius 2 is 1.90 bits per heavy atom. The molecule has 0 radical (unpaired) electrons. The fourth-order valence-corrected chi connectivity index (χ4v) is 5.82. The van der Waals surface area contributed by atoms with Gasteiger partial charge in [-0.3, -0.25) is 9.36 Å². The van der Waals surface area contributed by atoms with E-state index in [1.54, 1.807) is 30.5 Å². The van der Waals surface area contributed by atoms with Crippen molar-refractivity contribution in [2.45, 2.75) is 26.5 Å². The zero-order valence-electron chi connectivity index (χ0n) is 22.0. The summed E-state index contributed by atoms with van der Waals surface area (Å²) in [5, 5.41) is 0. The number of carbonyl (C=O) groups is 1. The van der Waals surface area contributed by atoms with E-state index in [4.69, 9.17) is 18.9 Å². The van der Waals surface area contributed by atoms with Gasteiger partial charge in [0, 0.05) is 0 Å². The van der Waals surface area contributed by atoms with Crippen LogP contribution in [-0.4, -0.2) is 23.9 Å². The number of ether oxygens (including phenoxy) is 4. The molecule has 1 atom stereocenters. The minimum absolute atomic E-state index is 0.120. The number of aromatic nitrogens is 1. The molecule has 6 rings (SSSR count). The van der Waals surface area contributed by atoms with Crippen molar-refractivity contribution in [3.63, 3.8) is 0 Å². The molecule has 0 unspecified atom stereocenters. The predicted molar refractivity (Wildman–Crippen MR) is 150 cm³/mol. The number of nitrogens with zero attached hydrogens (tertiary/aromatic N) is 2. The van der Waals surface area contributed by atoms with Gasteiger partial charge in [0.05, 0.1) is 28.5 Å². The number of esters is 1. The van der Waals surface area contributed by atoms with Crippen molar-refractivity contribution in [1.82, 2.24) is 4.57 Å². The van der Waals surface area contributed by atoms with Crippen LogP contribution in [-0.2, 0) is 16.1 Å². The lowest BCUT2D eigenvalue weighted by molar-refractivity contribution is -0.139. The van der Waals surface area contributed by atoms with Crippen molar-refractivity contribution in [2.75, 3.05) is 13.4 Å². The summed E-state index contributed by atoms with van der Waals surface area (Å²) in [5.41, 5.74) is 3.15. The molecule has 0 bridgehead atoms. The van der Waals surface area contributed by atoms with E-state index in [0.717, 1.165) is 11.1 Å². The van der Waals surface area contributed by atoms with E-state index in [9.17, 15) is 9.59 Å². The lowest BCUT2D eigenvalue weighted by Crippen LogP contribution is -2.39. The van der Waals surface area contributed by atoms with Gasteiger partial charge in [-0.15, -0.1) is 0 Å². The molecular formula is C31H26N2O6S.